The number of benzene rings is 2. The summed E-state index contributed by atoms with van der Waals surface area (Å²) in [6.07, 6.45) is 11.2. The van der Waals surface area contributed by atoms with Crippen molar-refractivity contribution in [2.75, 3.05) is 0 Å². The summed E-state index contributed by atoms with van der Waals surface area (Å²) in [7, 11) is -2.60. The molecule has 0 unspecified atom stereocenters. The SMILES string of the molecule is CC(C)CC[C@]1(O)[C@H](O)C[C@H]2[C@@H]3CC=C4C[C@@H](O[Si](c5ccccc5)(c5ccccc5)C(C)(C)C)CC[C@]4(C)[C@H]3CC[C@@]21C. The lowest BCUT2D eigenvalue weighted by Gasteiger charge is -2.59. The number of rotatable bonds is 7. The summed E-state index contributed by atoms with van der Waals surface area (Å²) < 4.78 is 7.65. The van der Waals surface area contributed by atoms with E-state index < -0.39 is 20.0 Å². The molecule has 0 spiro atoms. The van der Waals surface area contributed by atoms with Crippen LogP contribution in [0, 0.1) is 34.5 Å². The van der Waals surface area contributed by atoms with E-state index >= 15 is 0 Å². The van der Waals surface area contributed by atoms with Gasteiger partial charge in [0.15, 0.2) is 0 Å². The van der Waals surface area contributed by atoms with Gasteiger partial charge in [-0.3, -0.25) is 0 Å². The van der Waals surface area contributed by atoms with Crippen molar-refractivity contribution in [1.82, 2.24) is 0 Å². The van der Waals surface area contributed by atoms with Gasteiger partial charge in [-0.05, 0) is 102 Å². The highest BCUT2D eigenvalue weighted by Gasteiger charge is 2.67. The second-order valence-corrected chi connectivity index (χ2v) is 21.2. The Kier molecular flexibility index (Phi) is 8.43. The molecule has 240 valence electrons. The van der Waals surface area contributed by atoms with Gasteiger partial charge in [0.05, 0.1) is 11.7 Å². The van der Waals surface area contributed by atoms with Crippen LogP contribution in [0.15, 0.2) is 72.3 Å². The van der Waals surface area contributed by atoms with Crippen molar-refractivity contribution in [3.05, 3.63) is 72.3 Å². The lowest BCUT2D eigenvalue weighted by Crippen LogP contribution is -2.68. The first kappa shape index (κ1) is 32.2. The molecule has 2 aromatic rings. The van der Waals surface area contributed by atoms with Gasteiger partial charge in [-0.1, -0.05) is 121 Å². The van der Waals surface area contributed by atoms with Crippen molar-refractivity contribution >= 4 is 18.7 Å². The fourth-order valence-electron chi connectivity index (χ4n) is 10.7. The Hall–Kier alpha value is -1.72. The Balaban J connectivity index is 1.29. The minimum absolute atomic E-state index is 0.0218. The lowest BCUT2D eigenvalue weighted by molar-refractivity contribution is -0.158. The third-order valence-electron chi connectivity index (χ3n) is 13.3. The summed E-state index contributed by atoms with van der Waals surface area (Å²) in [5.74, 6) is 2.08. The van der Waals surface area contributed by atoms with Crippen LogP contribution in [0.3, 0.4) is 0 Å². The first-order chi connectivity index (χ1) is 20.8. The van der Waals surface area contributed by atoms with Crippen LogP contribution in [0.2, 0.25) is 5.04 Å². The van der Waals surface area contributed by atoms with Crippen molar-refractivity contribution in [2.24, 2.45) is 34.5 Å². The van der Waals surface area contributed by atoms with Crippen LogP contribution in [0.5, 0.6) is 0 Å². The summed E-state index contributed by atoms with van der Waals surface area (Å²) in [6.45, 7) is 16.5. The van der Waals surface area contributed by atoms with Crippen molar-refractivity contribution in [2.45, 2.75) is 129 Å². The average molecular weight is 615 g/mol. The van der Waals surface area contributed by atoms with Gasteiger partial charge in [-0.15, -0.1) is 0 Å². The number of fused-ring (bicyclic) bond motifs is 5. The van der Waals surface area contributed by atoms with Crippen LogP contribution in [-0.4, -0.2) is 36.3 Å². The lowest BCUT2D eigenvalue weighted by atomic mass is 9.46. The van der Waals surface area contributed by atoms with Gasteiger partial charge in [0.2, 0.25) is 0 Å². The minimum Gasteiger partial charge on any atom is -0.404 e. The van der Waals surface area contributed by atoms with Crippen LogP contribution in [0.1, 0.15) is 106 Å². The zero-order valence-electron chi connectivity index (χ0n) is 28.5. The molecule has 8 atom stereocenters. The van der Waals surface area contributed by atoms with E-state index in [1.54, 1.807) is 5.57 Å². The zero-order chi connectivity index (χ0) is 31.5. The molecule has 2 N–H and O–H groups in total. The maximum Gasteiger partial charge on any atom is 0.261 e. The molecular formula is C40H58O3Si. The molecule has 3 saturated carbocycles. The van der Waals surface area contributed by atoms with Gasteiger partial charge in [0.25, 0.3) is 8.32 Å². The van der Waals surface area contributed by atoms with Crippen LogP contribution >= 0.6 is 0 Å². The van der Waals surface area contributed by atoms with E-state index in [9.17, 15) is 10.2 Å². The van der Waals surface area contributed by atoms with Crippen molar-refractivity contribution in [3.63, 3.8) is 0 Å². The number of aliphatic hydroxyl groups excluding tert-OH is 1. The molecule has 3 fully saturated rings. The quantitative estimate of drug-likeness (QED) is 0.245. The van der Waals surface area contributed by atoms with Crippen molar-refractivity contribution in [3.8, 4) is 0 Å². The molecule has 0 bridgehead atoms. The van der Waals surface area contributed by atoms with E-state index in [0.717, 1.165) is 57.8 Å². The van der Waals surface area contributed by atoms with Crippen LogP contribution < -0.4 is 10.4 Å². The molecule has 3 nitrogen and oxygen atoms in total. The third-order valence-corrected chi connectivity index (χ3v) is 18.4. The molecule has 0 amide bonds. The molecule has 0 saturated heterocycles. The van der Waals surface area contributed by atoms with Gasteiger partial charge in [-0.2, -0.15) is 0 Å². The molecular weight excluding hydrogens is 557 g/mol. The molecule has 4 aliphatic rings. The number of hydrogen-bond acceptors (Lipinski definition) is 3. The predicted molar refractivity (Wildman–Crippen MR) is 185 cm³/mol. The van der Waals surface area contributed by atoms with E-state index in [-0.39, 0.29) is 22.0 Å². The average Bonchev–Trinajstić information content (AvgIpc) is 3.20. The van der Waals surface area contributed by atoms with Crippen LogP contribution in [0.4, 0.5) is 0 Å². The Morgan fingerprint density at radius 2 is 1.52 bits per heavy atom. The smallest absolute Gasteiger partial charge is 0.261 e. The number of hydrogen-bond donors (Lipinski definition) is 2. The van der Waals surface area contributed by atoms with Gasteiger partial charge in [0, 0.05) is 11.5 Å². The fourth-order valence-corrected chi connectivity index (χ4v) is 15.5. The van der Waals surface area contributed by atoms with Crippen molar-refractivity contribution in [1.29, 1.82) is 0 Å². The second kappa shape index (κ2) is 11.5. The molecule has 0 aromatic heterocycles. The van der Waals surface area contributed by atoms with E-state index in [1.807, 2.05) is 0 Å². The monoisotopic (exact) mass is 614 g/mol. The second-order valence-electron chi connectivity index (χ2n) is 17.0. The summed E-state index contributed by atoms with van der Waals surface area (Å²) >= 11 is 0. The fraction of sp³-hybridized carbons (Fsp3) is 0.650. The number of aliphatic hydroxyl groups is 2. The largest absolute Gasteiger partial charge is 0.404 e. The topological polar surface area (TPSA) is 49.7 Å². The molecule has 0 radical (unpaired) electrons. The molecule has 6 rings (SSSR count). The highest BCUT2D eigenvalue weighted by atomic mass is 28.4. The van der Waals surface area contributed by atoms with Gasteiger partial charge in [0.1, 0.15) is 0 Å². The van der Waals surface area contributed by atoms with E-state index in [1.165, 1.54) is 10.4 Å². The summed E-state index contributed by atoms with van der Waals surface area (Å²) in [5, 5.41) is 26.1. The summed E-state index contributed by atoms with van der Waals surface area (Å²) in [6, 6.07) is 22.2. The van der Waals surface area contributed by atoms with E-state index in [2.05, 4.69) is 115 Å². The first-order valence-electron chi connectivity index (χ1n) is 17.6. The van der Waals surface area contributed by atoms with E-state index in [0.29, 0.717) is 23.7 Å². The zero-order valence-corrected chi connectivity index (χ0v) is 29.5. The predicted octanol–water partition coefficient (Wildman–Crippen LogP) is 8.03. The molecule has 0 heterocycles. The highest BCUT2D eigenvalue weighted by Crippen LogP contribution is 2.68. The first-order valence-corrected chi connectivity index (χ1v) is 19.6. The Labute approximate surface area is 268 Å². The van der Waals surface area contributed by atoms with Crippen molar-refractivity contribution < 1.29 is 14.6 Å². The molecule has 44 heavy (non-hydrogen) atoms. The Morgan fingerprint density at radius 1 is 0.909 bits per heavy atom. The summed E-state index contributed by atoms with van der Waals surface area (Å²) in [4.78, 5) is 0. The molecule has 0 aliphatic heterocycles. The summed E-state index contributed by atoms with van der Waals surface area (Å²) in [5.41, 5.74) is 0.636. The molecule has 4 heteroatoms. The standard InChI is InChI=1S/C40H58O3Si/c1-28(2)20-25-40(42)36(41)27-35-33-19-18-29-26-30(21-23-38(29,6)34(33)22-24-39(35,40)7)43-44(37(3,4)5,31-14-10-8-11-15-31)32-16-12-9-13-17-32/h8-18,28,30,33-36,41-42H,19-27H2,1-7H3/t30-,33+,34-,35-,36+,38-,39-,40-/m0/s1. The number of allylic oxidation sites excluding steroid dienone is 1. The van der Waals surface area contributed by atoms with Crippen LogP contribution in [0.25, 0.3) is 0 Å². The third kappa shape index (κ3) is 4.93. The van der Waals surface area contributed by atoms with Gasteiger partial charge < -0.3 is 14.6 Å². The molecule has 2 aromatic carbocycles. The maximum atomic E-state index is 12.1. The normalized spacial score (nSPS) is 37.2. The van der Waals surface area contributed by atoms with Gasteiger partial charge >= 0.3 is 0 Å². The minimum atomic E-state index is -2.60. The highest BCUT2D eigenvalue weighted by molar-refractivity contribution is 6.99. The maximum absolute atomic E-state index is 12.1. The molecule has 4 aliphatic carbocycles. The van der Waals surface area contributed by atoms with Crippen LogP contribution in [-0.2, 0) is 4.43 Å². The Morgan fingerprint density at radius 3 is 2.09 bits per heavy atom. The van der Waals surface area contributed by atoms with E-state index in [4.69, 9.17) is 4.43 Å². The van der Waals surface area contributed by atoms with Gasteiger partial charge in [-0.25, -0.2) is 0 Å². The Bertz CT molecular complexity index is 1290.